The summed E-state index contributed by atoms with van der Waals surface area (Å²) in [4.78, 5) is 27.2. The van der Waals surface area contributed by atoms with E-state index in [0.29, 0.717) is 0 Å². The second kappa shape index (κ2) is 7.86. The number of nitrogens with zero attached hydrogens (tertiary/aromatic N) is 4. The molecule has 1 aliphatic rings. The van der Waals surface area contributed by atoms with Crippen molar-refractivity contribution in [1.82, 2.24) is 20.3 Å². The van der Waals surface area contributed by atoms with Crippen LogP contribution in [-0.2, 0) is 11.2 Å². The molecule has 0 radical (unpaired) electrons. The highest BCUT2D eigenvalue weighted by Gasteiger charge is 2.26. The van der Waals surface area contributed by atoms with E-state index in [1.165, 1.54) is 0 Å². The third-order valence-electron chi connectivity index (χ3n) is 4.39. The number of amides is 1. The van der Waals surface area contributed by atoms with Crippen LogP contribution >= 0.6 is 0 Å². The minimum atomic E-state index is 0.0780. The number of anilines is 1. The molecule has 0 spiro atoms. The zero-order valence-corrected chi connectivity index (χ0v) is 13.9. The maximum atomic E-state index is 12.5. The Bertz CT molecular complexity index is 641. The molecule has 1 saturated heterocycles. The number of pyridine rings is 1. The fourth-order valence-corrected chi connectivity index (χ4v) is 3.11. The molecule has 0 aromatic carbocycles. The molecule has 6 heteroatoms. The molecule has 1 aliphatic heterocycles. The molecule has 6 nitrogen and oxygen atoms in total. The van der Waals surface area contributed by atoms with Crippen molar-refractivity contribution in [2.45, 2.75) is 32.2 Å². The summed E-state index contributed by atoms with van der Waals surface area (Å²) < 4.78 is 0. The van der Waals surface area contributed by atoms with E-state index in [1.54, 1.807) is 24.8 Å². The Balaban J connectivity index is 1.47. The lowest BCUT2D eigenvalue weighted by Crippen LogP contribution is -2.43. The first-order valence-electron chi connectivity index (χ1n) is 8.42. The van der Waals surface area contributed by atoms with Gasteiger partial charge < -0.3 is 10.2 Å². The summed E-state index contributed by atoms with van der Waals surface area (Å²) >= 11 is 0. The quantitative estimate of drug-likeness (QED) is 0.908. The third-order valence-corrected chi connectivity index (χ3v) is 4.39. The van der Waals surface area contributed by atoms with Crippen molar-refractivity contribution in [3.8, 4) is 0 Å². The number of rotatable bonds is 5. The molecular formula is C18H23N5O. The van der Waals surface area contributed by atoms with E-state index in [9.17, 15) is 4.79 Å². The molecule has 0 saturated carbocycles. The van der Waals surface area contributed by atoms with E-state index in [2.05, 4.69) is 25.2 Å². The average Bonchev–Trinajstić information content (AvgIpc) is 2.63. The highest BCUT2D eigenvalue weighted by molar-refractivity contribution is 5.79. The summed E-state index contributed by atoms with van der Waals surface area (Å²) in [6, 6.07) is 4.07. The van der Waals surface area contributed by atoms with Gasteiger partial charge in [0.2, 0.25) is 5.91 Å². The van der Waals surface area contributed by atoms with Crippen LogP contribution in [0.2, 0.25) is 0 Å². The molecule has 0 bridgehead atoms. The lowest BCUT2D eigenvalue weighted by molar-refractivity contribution is -0.126. The normalized spacial score (nSPS) is 16.6. The van der Waals surface area contributed by atoms with Crippen molar-refractivity contribution in [1.29, 1.82) is 0 Å². The lowest BCUT2D eigenvalue weighted by Gasteiger charge is -2.32. The SMILES string of the molecule is CC(Cc1cccnc1)NC(=O)C1CCN(c2cnccn2)CC1. The smallest absolute Gasteiger partial charge is 0.223 e. The molecule has 3 heterocycles. The molecular weight excluding hydrogens is 302 g/mol. The molecule has 3 rings (SSSR count). The topological polar surface area (TPSA) is 71.0 Å². The van der Waals surface area contributed by atoms with Gasteiger partial charge in [-0.15, -0.1) is 0 Å². The summed E-state index contributed by atoms with van der Waals surface area (Å²) in [6.45, 7) is 3.72. The van der Waals surface area contributed by atoms with E-state index in [0.717, 1.165) is 43.7 Å². The van der Waals surface area contributed by atoms with Crippen LogP contribution in [0.25, 0.3) is 0 Å². The number of nitrogens with one attached hydrogen (secondary N) is 1. The van der Waals surface area contributed by atoms with E-state index in [1.807, 2.05) is 25.3 Å². The van der Waals surface area contributed by atoms with Gasteiger partial charge in [-0.2, -0.15) is 0 Å². The van der Waals surface area contributed by atoms with Crippen LogP contribution in [0.5, 0.6) is 0 Å². The van der Waals surface area contributed by atoms with Crippen LogP contribution in [0.1, 0.15) is 25.3 Å². The first-order chi connectivity index (χ1) is 11.7. The predicted octanol–water partition coefficient (Wildman–Crippen LogP) is 1.84. The zero-order chi connectivity index (χ0) is 16.8. The van der Waals surface area contributed by atoms with Gasteiger partial charge >= 0.3 is 0 Å². The maximum absolute atomic E-state index is 12.5. The van der Waals surface area contributed by atoms with Crippen molar-refractivity contribution in [2.75, 3.05) is 18.0 Å². The van der Waals surface area contributed by atoms with Crippen molar-refractivity contribution in [2.24, 2.45) is 5.92 Å². The number of carbonyl (C=O) groups excluding carboxylic acids is 1. The van der Waals surface area contributed by atoms with Crippen molar-refractivity contribution < 1.29 is 4.79 Å². The van der Waals surface area contributed by atoms with Crippen LogP contribution in [-0.4, -0.2) is 40.0 Å². The Labute approximate surface area is 142 Å². The number of piperidine rings is 1. The first kappa shape index (κ1) is 16.4. The van der Waals surface area contributed by atoms with Gasteiger partial charge in [0.05, 0.1) is 6.20 Å². The Morgan fingerprint density at radius 3 is 2.71 bits per heavy atom. The van der Waals surface area contributed by atoms with Gasteiger partial charge in [0.1, 0.15) is 5.82 Å². The molecule has 1 fully saturated rings. The van der Waals surface area contributed by atoms with Gasteiger partial charge in [0.15, 0.2) is 0 Å². The second-order valence-electron chi connectivity index (χ2n) is 6.30. The maximum Gasteiger partial charge on any atom is 0.223 e. The second-order valence-corrected chi connectivity index (χ2v) is 6.30. The van der Waals surface area contributed by atoms with Gasteiger partial charge in [0, 0.05) is 49.8 Å². The number of carbonyl (C=O) groups is 1. The molecule has 0 aliphatic carbocycles. The molecule has 2 aromatic rings. The Hall–Kier alpha value is -2.50. The monoisotopic (exact) mass is 325 g/mol. The zero-order valence-electron chi connectivity index (χ0n) is 13.9. The predicted molar refractivity (Wildman–Crippen MR) is 92.5 cm³/mol. The van der Waals surface area contributed by atoms with Crippen LogP contribution in [0.3, 0.4) is 0 Å². The van der Waals surface area contributed by atoms with Crippen LogP contribution in [0.4, 0.5) is 5.82 Å². The molecule has 1 N–H and O–H groups in total. The number of hydrogen-bond donors (Lipinski definition) is 1. The summed E-state index contributed by atoms with van der Waals surface area (Å²) in [7, 11) is 0. The lowest BCUT2D eigenvalue weighted by atomic mass is 9.95. The van der Waals surface area contributed by atoms with Gasteiger partial charge in [-0.3, -0.25) is 14.8 Å². The first-order valence-corrected chi connectivity index (χ1v) is 8.42. The van der Waals surface area contributed by atoms with E-state index in [4.69, 9.17) is 0 Å². The van der Waals surface area contributed by atoms with E-state index >= 15 is 0 Å². The van der Waals surface area contributed by atoms with Gasteiger partial charge in [0.25, 0.3) is 0 Å². The average molecular weight is 325 g/mol. The van der Waals surface area contributed by atoms with Crippen LogP contribution in [0.15, 0.2) is 43.1 Å². The summed E-state index contributed by atoms with van der Waals surface area (Å²) in [5.41, 5.74) is 1.14. The molecule has 24 heavy (non-hydrogen) atoms. The van der Waals surface area contributed by atoms with Crippen LogP contribution < -0.4 is 10.2 Å². The highest BCUT2D eigenvalue weighted by Crippen LogP contribution is 2.21. The highest BCUT2D eigenvalue weighted by atomic mass is 16.1. The van der Waals surface area contributed by atoms with E-state index < -0.39 is 0 Å². The van der Waals surface area contributed by atoms with Crippen molar-refractivity contribution in [3.05, 3.63) is 48.7 Å². The number of hydrogen-bond acceptors (Lipinski definition) is 5. The summed E-state index contributed by atoms with van der Waals surface area (Å²) in [6.07, 6.45) is 11.3. The molecule has 1 atom stereocenters. The fourth-order valence-electron chi connectivity index (χ4n) is 3.11. The molecule has 1 amide bonds. The van der Waals surface area contributed by atoms with Crippen molar-refractivity contribution in [3.63, 3.8) is 0 Å². The van der Waals surface area contributed by atoms with Gasteiger partial charge in [-0.25, -0.2) is 4.98 Å². The van der Waals surface area contributed by atoms with Crippen molar-refractivity contribution >= 4 is 11.7 Å². The summed E-state index contributed by atoms with van der Waals surface area (Å²) in [5, 5.41) is 3.14. The van der Waals surface area contributed by atoms with E-state index in [-0.39, 0.29) is 17.9 Å². The minimum Gasteiger partial charge on any atom is -0.355 e. The van der Waals surface area contributed by atoms with Gasteiger partial charge in [-0.1, -0.05) is 6.07 Å². The Morgan fingerprint density at radius 2 is 2.04 bits per heavy atom. The fraction of sp³-hybridized carbons (Fsp3) is 0.444. The Kier molecular flexibility index (Phi) is 5.36. The summed E-state index contributed by atoms with van der Waals surface area (Å²) in [5.74, 6) is 1.13. The Morgan fingerprint density at radius 1 is 1.25 bits per heavy atom. The standard InChI is InChI=1S/C18H23N5O/c1-14(11-15-3-2-6-19-12-15)22-18(24)16-4-9-23(10-5-16)17-13-20-7-8-21-17/h2-3,6-8,12-14,16H,4-5,9-11H2,1H3,(H,22,24). The molecule has 126 valence electrons. The number of aromatic nitrogens is 3. The molecule has 1 unspecified atom stereocenters. The van der Waals surface area contributed by atoms with Gasteiger partial charge in [-0.05, 0) is 37.8 Å². The largest absolute Gasteiger partial charge is 0.355 e. The van der Waals surface area contributed by atoms with Crippen LogP contribution in [0, 0.1) is 5.92 Å². The third kappa shape index (κ3) is 4.28. The minimum absolute atomic E-state index is 0.0780. The molecule has 2 aromatic heterocycles.